The Kier molecular flexibility index (Phi) is 3.02. The van der Waals surface area contributed by atoms with E-state index in [1.54, 1.807) is 13.1 Å². The number of nitrogens with one attached hydrogen (secondary N) is 2. The van der Waals surface area contributed by atoms with E-state index in [0.717, 1.165) is 25.3 Å². The summed E-state index contributed by atoms with van der Waals surface area (Å²) in [6, 6.07) is 4.00. The van der Waals surface area contributed by atoms with Gasteiger partial charge in [-0.25, -0.2) is 4.98 Å². The summed E-state index contributed by atoms with van der Waals surface area (Å²) in [5.74, 6) is 0.369. The standard InChI is InChI=1S/C13H18N4O2/c1-8-11-7-15-5-6-17(11)10-4-3-9(12(18)14-2)16-13(10)19-8/h3-4,8,11,15H,5-7H2,1-2H3,(H,14,18)/t8?,11-/m1/s1. The molecule has 1 amide bonds. The molecule has 0 saturated carbocycles. The zero-order chi connectivity index (χ0) is 13.4. The Morgan fingerprint density at radius 3 is 3.21 bits per heavy atom. The van der Waals surface area contributed by atoms with Crippen LogP contribution < -0.4 is 20.3 Å². The van der Waals surface area contributed by atoms with Crippen LogP contribution in [0.15, 0.2) is 12.1 Å². The molecule has 102 valence electrons. The van der Waals surface area contributed by atoms with Gasteiger partial charge in [0.15, 0.2) is 0 Å². The van der Waals surface area contributed by atoms with Gasteiger partial charge in [0.25, 0.3) is 5.91 Å². The first-order chi connectivity index (χ1) is 9.20. The van der Waals surface area contributed by atoms with Crippen LogP contribution in [0.5, 0.6) is 5.88 Å². The number of piperazine rings is 1. The summed E-state index contributed by atoms with van der Waals surface area (Å²) < 4.78 is 5.86. The van der Waals surface area contributed by atoms with Crippen molar-refractivity contribution in [3.05, 3.63) is 17.8 Å². The van der Waals surface area contributed by atoms with E-state index >= 15 is 0 Å². The molecule has 1 saturated heterocycles. The van der Waals surface area contributed by atoms with E-state index < -0.39 is 0 Å². The van der Waals surface area contributed by atoms with Crippen molar-refractivity contribution >= 4 is 11.6 Å². The first-order valence-electron chi connectivity index (χ1n) is 6.58. The summed E-state index contributed by atoms with van der Waals surface area (Å²) in [5.41, 5.74) is 1.37. The molecular formula is C13H18N4O2. The number of aromatic nitrogens is 1. The Morgan fingerprint density at radius 2 is 2.42 bits per heavy atom. The van der Waals surface area contributed by atoms with Crippen LogP contribution in [0.4, 0.5) is 5.69 Å². The lowest BCUT2D eigenvalue weighted by Crippen LogP contribution is -2.59. The van der Waals surface area contributed by atoms with Crippen LogP contribution in [-0.2, 0) is 0 Å². The maximum absolute atomic E-state index is 11.6. The lowest BCUT2D eigenvalue weighted by atomic mass is 10.0. The molecule has 2 atom stereocenters. The van der Waals surface area contributed by atoms with E-state index in [-0.39, 0.29) is 12.0 Å². The van der Waals surface area contributed by atoms with Gasteiger partial charge < -0.3 is 20.3 Å². The minimum Gasteiger partial charge on any atom is -0.471 e. The van der Waals surface area contributed by atoms with E-state index in [2.05, 4.69) is 20.5 Å². The summed E-state index contributed by atoms with van der Waals surface area (Å²) in [6.07, 6.45) is 0.0627. The van der Waals surface area contributed by atoms with Crippen LogP contribution in [0.25, 0.3) is 0 Å². The van der Waals surface area contributed by atoms with Gasteiger partial charge in [-0.3, -0.25) is 4.79 Å². The quantitative estimate of drug-likeness (QED) is 0.746. The van der Waals surface area contributed by atoms with Gasteiger partial charge in [-0.05, 0) is 19.1 Å². The molecule has 0 aliphatic carbocycles. The summed E-state index contributed by atoms with van der Waals surface area (Å²) in [7, 11) is 1.60. The molecule has 0 spiro atoms. The number of amides is 1. The lowest BCUT2D eigenvalue weighted by Gasteiger charge is -2.44. The minimum atomic E-state index is -0.193. The summed E-state index contributed by atoms with van der Waals surface area (Å²) >= 11 is 0. The number of pyridine rings is 1. The van der Waals surface area contributed by atoms with Gasteiger partial charge in [-0.15, -0.1) is 0 Å². The van der Waals surface area contributed by atoms with Crippen molar-refractivity contribution in [2.24, 2.45) is 0 Å². The van der Waals surface area contributed by atoms with E-state index in [9.17, 15) is 4.79 Å². The summed E-state index contributed by atoms with van der Waals surface area (Å²) in [5, 5.41) is 5.95. The molecule has 6 heteroatoms. The smallest absolute Gasteiger partial charge is 0.269 e. The lowest BCUT2D eigenvalue weighted by molar-refractivity contribution is 0.0954. The van der Waals surface area contributed by atoms with E-state index in [0.29, 0.717) is 17.6 Å². The first kappa shape index (κ1) is 12.2. The maximum Gasteiger partial charge on any atom is 0.269 e. The minimum absolute atomic E-state index is 0.0627. The van der Waals surface area contributed by atoms with Crippen LogP contribution in [-0.4, -0.2) is 49.7 Å². The summed E-state index contributed by atoms with van der Waals surface area (Å²) in [4.78, 5) is 18.3. The van der Waals surface area contributed by atoms with Crippen molar-refractivity contribution < 1.29 is 9.53 Å². The van der Waals surface area contributed by atoms with Crippen LogP contribution >= 0.6 is 0 Å². The third-order valence-corrected chi connectivity index (χ3v) is 3.73. The van der Waals surface area contributed by atoms with Gasteiger partial charge in [-0.2, -0.15) is 0 Å². The molecule has 1 fully saturated rings. The largest absolute Gasteiger partial charge is 0.471 e. The average molecular weight is 262 g/mol. The van der Waals surface area contributed by atoms with E-state index in [1.165, 1.54) is 0 Å². The maximum atomic E-state index is 11.6. The van der Waals surface area contributed by atoms with Crippen molar-refractivity contribution in [1.82, 2.24) is 15.6 Å². The van der Waals surface area contributed by atoms with Gasteiger partial charge >= 0.3 is 0 Å². The molecule has 0 radical (unpaired) electrons. The van der Waals surface area contributed by atoms with Crippen molar-refractivity contribution in [3.8, 4) is 5.88 Å². The number of carbonyl (C=O) groups excluding carboxylic acids is 1. The van der Waals surface area contributed by atoms with Crippen molar-refractivity contribution in [1.29, 1.82) is 0 Å². The highest BCUT2D eigenvalue weighted by Crippen LogP contribution is 2.35. The molecule has 2 aliphatic heterocycles. The highest BCUT2D eigenvalue weighted by atomic mass is 16.5. The predicted octanol–water partition coefficient (Wildman–Crippen LogP) is 0.000300. The van der Waals surface area contributed by atoms with Gasteiger partial charge in [0.2, 0.25) is 5.88 Å². The Bertz CT molecular complexity index is 505. The number of hydrogen-bond donors (Lipinski definition) is 2. The number of ether oxygens (including phenoxy) is 1. The SMILES string of the molecule is CNC(=O)c1ccc2c(n1)OC(C)[C@H]1CNCCN21. The molecule has 2 N–H and O–H groups in total. The molecule has 2 aliphatic rings. The van der Waals surface area contributed by atoms with Crippen LogP contribution in [0.2, 0.25) is 0 Å². The topological polar surface area (TPSA) is 66.5 Å². The highest BCUT2D eigenvalue weighted by Gasteiger charge is 2.35. The van der Waals surface area contributed by atoms with Crippen LogP contribution in [0.1, 0.15) is 17.4 Å². The number of carbonyl (C=O) groups is 1. The Balaban J connectivity index is 1.97. The number of rotatable bonds is 1. The number of hydrogen-bond acceptors (Lipinski definition) is 5. The normalized spacial score (nSPS) is 25.1. The average Bonchev–Trinajstić information content (AvgIpc) is 2.46. The highest BCUT2D eigenvalue weighted by molar-refractivity contribution is 5.92. The second-order valence-corrected chi connectivity index (χ2v) is 4.89. The molecular weight excluding hydrogens is 244 g/mol. The Hall–Kier alpha value is -1.82. The molecule has 1 aromatic rings. The first-order valence-corrected chi connectivity index (χ1v) is 6.58. The zero-order valence-corrected chi connectivity index (χ0v) is 11.1. The van der Waals surface area contributed by atoms with Gasteiger partial charge in [0.05, 0.1) is 6.04 Å². The van der Waals surface area contributed by atoms with Crippen molar-refractivity contribution in [2.75, 3.05) is 31.6 Å². The Labute approximate surface area is 112 Å². The van der Waals surface area contributed by atoms with Crippen molar-refractivity contribution in [3.63, 3.8) is 0 Å². The monoisotopic (exact) mass is 262 g/mol. The van der Waals surface area contributed by atoms with E-state index in [1.807, 2.05) is 13.0 Å². The third-order valence-electron chi connectivity index (χ3n) is 3.73. The third kappa shape index (κ3) is 2.02. The molecule has 3 rings (SSSR count). The fourth-order valence-electron chi connectivity index (χ4n) is 2.69. The fourth-order valence-corrected chi connectivity index (χ4v) is 2.69. The second-order valence-electron chi connectivity index (χ2n) is 4.89. The molecule has 1 aromatic heterocycles. The van der Waals surface area contributed by atoms with Crippen LogP contribution in [0, 0.1) is 0 Å². The molecule has 3 heterocycles. The van der Waals surface area contributed by atoms with Gasteiger partial charge in [-0.1, -0.05) is 0 Å². The Morgan fingerprint density at radius 1 is 1.58 bits per heavy atom. The molecule has 19 heavy (non-hydrogen) atoms. The zero-order valence-electron chi connectivity index (χ0n) is 11.1. The number of fused-ring (bicyclic) bond motifs is 3. The molecule has 0 aromatic carbocycles. The summed E-state index contributed by atoms with van der Waals surface area (Å²) in [6.45, 7) is 4.85. The molecule has 6 nitrogen and oxygen atoms in total. The predicted molar refractivity (Wildman–Crippen MR) is 71.7 cm³/mol. The van der Waals surface area contributed by atoms with Crippen LogP contribution in [0.3, 0.4) is 0 Å². The van der Waals surface area contributed by atoms with Gasteiger partial charge in [0.1, 0.15) is 17.5 Å². The second kappa shape index (κ2) is 4.70. The molecule has 1 unspecified atom stereocenters. The van der Waals surface area contributed by atoms with Crippen molar-refractivity contribution in [2.45, 2.75) is 19.1 Å². The molecule has 0 bridgehead atoms. The van der Waals surface area contributed by atoms with E-state index in [4.69, 9.17) is 4.74 Å². The number of nitrogens with zero attached hydrogens (tertiary/aromatic N) is 2. The number of anilines is 1. The van der Waals surface area contributed by atoms with Gasteiger partial charge in [0, 0.05) is 26.7 Å². The fraction of sp³-hybridized carbons (Fsp3) is 0.538.